The summed E-state index contributed by atoms with van der Waals surface area (Å²) < 4.78 is 0. The second-order valence-corrected chi connectivity index (χ2v) is 20.2. The van der Waals surface area contributed by atoms with Gasteiger partial charge in [-0.1, -0.05) is 173 Å². The molecule has 2 aliphatic rings. The number of nitrogens with zero attached hydrogens (tertiary/aromatic N) is 2. The lowest BCUT2D eigenvalue weighted by atomic mass is 9.81. The molecule has 0 radical (unpaired) electrons. The minimum Gasteiger partial charge on any atom is -0.310 e. The number of hydrogen-bond donors (Lipinski definition) is 0. The standard InChI is InChI=1S/C66H48N2/c1-65(2)57-17-9-15-45-19-21-49-37-55(39-59(65)63(49)61(45)57)67(53-33-27-41-11-5-7-13-47(41)35-53)51-29-23-43(24-30-51)44-25-31-52(32-26-44)68(54-34-28-42-12-6-8-14-48(42)36-54)56-38-50-22-20-46-16-10-18-58-62(46)64(50)60(40-56)66(58,3)4/h5-40H,1-4H3. The second-order valence-electron chi connectivity index (χ2n) is 20.2. The predicted molar refractivity (Wildman–Crippen MR) is 291 cm³/mol. The molecule has 68 heavy (non-hydrogen) atoms. The molecule has 0 atom stereocenters. The van der Waals surface area contributed by atoms with E-state index in [4.69, 9.17) is 0 Å². The van der Waals surface area contributed by atoms with Crippen LogP contribution in [0, 0.1) is 0 Å². The molecule has 0 aromatic heterocycles. The Hall–Kier alpha value is -8.20. The molecule has 0 aliphatic heterocycles. The molecule has 0 unspecified atom stereocenters. The summed E-state index contributed by atoms with van der Waals surface area (Å²) in [4.78, 5) is 4.89. The van der Waals surface area contributed by atoms with Gasteiger partial charge in [0.25, 0.3) is 0 Å². The van der Waals surface area contributed by atoms with Crippen LogP contribution in [0.15, 0.2) is 218 Å². The third kappa shape index (κ3) is 5.64. The van der Waals surface area contributed by atoms with Gasteiger partial charge in [-0.05, 0) is 171 Å². The summed E-state index contributed by atoms with van der Waals surface area (Å²) in [5.74, 6) is 0. The van der Waals surface area contributed by atoms with Crippen LogP contribution in [0.25, 0.3) is 75.8 Å². The van der Waals surface area contributed by atoms with Crippen LogP contribution in [-0.4, -0.2) is 0 Å². The van der Waals surface area contributed by atoms with Crippen LogP contribution in [0.3, 0.4) is 0 Å². The van der Waals surface area contributed by atoms with Crippen LogP contribution in [0.4, 0.5) is 34.1 Å². The summed E-state index contributed by atoms with van der Waals surface area (Å²) in [6, 6.07) is 81.8. The molecule has 12 aromatic rings. The molecule has 0 saturated carbocycles. The minimum absolute atomic E-state index is 0.118. The van der Waals surface area contributed by atoms with Gasteiger partial charge >= 0.3 is 0 Å². The van der Waals surface area contributed by atoms with Crippen molar-refractivity contribution in [3.8, 4) is 11.1 Å². The minimum atomic E-state index is -0.118. The van der Waals surface area contributed by atoms with E-state index in [1.807, 2.05) is 0 Å². The Balaban J connectivity index is 0.868. The number of benzene rings is 12. The smallest absolute Gasteiger partial charge is 0.0471 e. The molecule has 322 valence electrons. The van der Waals surface area contributed by atoms with E-state index in [2.05, 4.69) is 256 Å². The lowest BCUT2D eigenvalue weighted by Crippen LogP contribution is -2.17. The van der Waals surface area contributed by atoms with Crippen LogP contribution >= 0.6 is 0 Å². The maximum atomic E-state index is 2.45. The van der Waals surface area contributed by atoms with Gasteiger partial charge in [-0.25, -0.2) is 0 Å². The Morgan fingerprint density at radius 2 is 0.559 bits per heavy atom. The van der Waals surface area contributed by atoms with E-state index in [1.54, 1.807) is 0 Å². The summed E-state index contributed by atoms with van der Waals surface area (Å²) in [7, 11) is 0. The first-order valence-electron chi connectivity index (χ1n) is 24.0. The molecule has 0 heterocycles. The molecule has 0 fully saturated rings. The first-order valence-corrected chi connectivity index (χ1v) is 24.0. The van der Waals surface area contributed by atoms with E-state index >= 15 is 0 Å². The van der Waals surface area contributed by atoms with E-state index in [0.29, 0.717) is 0 Å². The lowest BCUT2D eigenvalue weighted by Gasteiger charge is -2.29. The highest BCUT2D eigenvalue weighted by atomic mass is 15.1. The van der Waals surface area contributed by atoms with Crippen molar-refractivity contribution in [3.05, 3.63) is 241 Å². The van der Waals surface area contributed by atoms with Gasteiger partial charge < -0.3 is 9.80 Å². The summed E-state index contributed by atoms with van der Waals surface area (Å²) in [5.41, 5.74) is 14.6. The number of anilines is 6. The zero-order valence-corrected chi connectivity index (χ0v) is 38.7. The summed E-state index contributed by atoms with van der Waals surface area (Å²) in [6.45, 7) is 9.54. The fourth-order valence-corrected chi connectivity index (χ4v) is 12.2. The molecule has 2 aliphatic carbocycles. The largest absolute Gasteiger partial charge is 0.310 e. The number of hydrogen-bond acceptors (Lipinski definition) is 2. The molecule has 0 N–H and O–H groups in total. The highest BCUT2D eigenvalue weighted by Gasteiger charge is 2.36. The Kier molecular flexibility index (Phi) is 8.12. The highest BCUT2D eigenvalue weighted by molar-refractivity contribution is 6.17. The van der Waals surface area contributed by atoms with Crippen molar-refractivity contribution in [2.75, 3.05) is 9.80 Å². The predicted octanol–water partition coefficient (Wildman–Crippen LogP) is 18.5. The molecule has 0 bridgehead atoms. The Labute approximate surface area is 397 Å². The maximum absolute atomic E-state index is 2.45. The fraction of sp³-hybridized carbons (Fsp3) is 0.0909. The summed E-state index contributed by atoms with van der Waals surface area (Å²) >= 11 is 0. The van der Waals surface area contributed by atoms with Crippen molar-refractivity contribution in [2.24, 2.45) is 0 Å². The van der Waals surface area contributed by atoms with E-state index in [-0.39, 0.29) is 10.8 Å². The SMILES string of the molecule is CC1(C)c2cccc3ccc4cc(N(c5ccc(-c6ccc(N(c7ccc8ccccc8c7)c7cc8c9c(ccc%10cccc(c%109)C8(C)C)c7)cc6)cc5)c5ccc6ccccc6c5)cc1c4c23. The van der Waals surface area contributed by atoms with Gasteiger partial charge in [0.2, 0.25) is 0 Å². The van der Waals surface area contributed by atoms with Gasteiger partial charge in [0.05, 0.1) is 0 Å². The fourth-order valence-electron chi connectivity index (χ4n) is 12.2. The van der Waals surface area contributed by atoms with Crippen LogP contribution in [0.2, 0.25) is 0 Å². The molecule has 2 nitrogen and oxygen atoms in total. The zero-order valence-electron chi connectivity index (χ0n) is 38.7. The maximum Gasteiger partial charge on any atom is 0.0471 e. The molecular weight excluding hydrogens is 821 g/mol. The van der Waals surface area contributed by atoms with Crippen LogP contribution < -0.4 is 9.80 Å². The van der Waals surface area contributed by atoms with Crippen molar-refractivity contribution in [1.29, 1.82) is 0 Å². The molecule has 0 amide bonds. The van der Waals surface area contributed by atoms with Crippen LogP contribution in [0.1, 0.15) is 49.9 Å². The first kappa shape index (κ1) is 39.0. The van der Waals surface area contributed by atoms with Gasteiger partial charge in [0.1, 0.15) is 0 Å². The molecular formula is C66H48N2. The van der Waals surface area contributed by atoms with Crippen molar-refractivity contribution >= 4 is 98.8 Å². The second kappa shape index (κ2) is 14.2. The summed E-state index contributed by atoms with van der Waals surface area (Å²) in [5, 5.41) is 15.7. The van der Waals surface area contributed by atoms with Gasteiger partial charge in [-0.2, -0.15) is 0 Å². The van der Waals surface area contributed by atoms with Crippen molar-refractivity contribution in [1.82, 2.24) is 0 Å². The Bertz CT molecular complexity index is 3810. The number of rotatable bonds is 7. The average molecular weight is 869 g/mol. The van der Waals surface area contributed by atoms with Crippen LogP contribution in [0.5, 0.6) is 0 Å². The molecule has 2 heteroatoms. The normalized spacial score (nSPS) is 14.1. The van der Waals surface area contributed by atoms with Crippen molar-refractivity contribution in [3.63, 3.8) is 0 Å². The van der Waals surface area contributed by atoms with E-state index in [0.717, 1.165) is 34.1 Å². The van der Waals surface area contributed by atoms with Gasteiger partial charge in [0.15, 0.2) is 0 Å². The summed E-state index contributed by atoms with van der Waals surface area (Å²) in [6.07, 6.45) is 0. The lowest BCUT2D eigenvalue weighted by molar-refractivity contribution is 0.662. The van der Waals surface area contributed by atoms with Crippen LogP contribution in [-0.2, 0) is 10.8 Å². The average Bonchev–Trinajstić information content (AvgIpc) is 3.76. The topological polar surface area (TPSA) is 6.48 Å². The third-order valence-corrected chi connectivity index (χ3v) is 15.7. The van der Waals surface area contributed by atoms with Gasteiger partial charge in [-0.3, -0.25) is 0 Å². The highest BCUT2D eigenvalue weighted by Crippen LogP contribution is 2.53. The van der Waals surface area contributed by atoms with Gasteiger partial charge in [-0.15, -0.1) is 0 Å². The molecule has 12 aromatic carbocycles. The van der Waals surface area contributed by atoms with E-state index in [1.165, 1.54) is 98.0 Å². The van der Waals surface area contributed by atoms with Crippen molar-refractivity contribution in [2.45, 2.75) is 38.5 Å². The molecule has 0 saturated heterocycles. The zero-order chi connectivity index (χ0) is 45.5. The number of fused-ring (bicyclic) bond motifs is 2. The molecule has 0 spiro atoms. The van der Waals surface area contributed by atoms with Crippen molar-refractivity contribution < 1.29 is 0 Å². The van der Waals surface area contributed by atoms with E-state index < -0.39 is 0 Å². The quantitative estimate of drug-likeness (QED) is 0.147. The van der Waals surface area contributed by atoms with Gasteiger partial charge in [0, 0.05) is 45.0 Å². The Morgan fingerprint density at radius 1 is 0.235 bits per heavy atom. The monoisotopic (exact) mass is 868 g/mol. The third-order valence-electron chi connectivity index (χ3n) is 15.7. The van der Waals surface area contributed by atoms with E-state index in [9.17, 15) is 0 Å². The Morgan fingerprint density at radius 3 is 0.985 bits per heavy atom. The molecule has 14 rings (SSSR count). The first-order chi connectivity index (χ1) is 33.2.